The fourth-order valence-electron chi connectivity index (χ4n) is 2.06. The summed E-state index contributed by atoms with van der Waals surface area (Å²) >= 11 is 1.67. The van der Waals surface area contributed by atoms with Crippen LogP contribution in [0.2, 0.25) is 0 Å². The van der Waals surface area contributed by atoms with E-state index in [9.17, 15) is 8.42 Å². The van der Waals surface area contributed by atoms with Gasteiger partial charge in [-0.1, -0.05) is 12.1 Å². The number of para-hydroxylation sites is 1. The molecule has 0 bridgehead atoms. The van der Waals surface area contributed by atoms with Gasteiger partial charge in [-0.3, -0.25) is 0 Å². The molecule has 0 aliphatic rings. The normalized spacial score (nSPS) is 13.2. The SMILES string of the molecule is CNS(=O)(=O)c1ccccc1NC(C)c1sccc1C. The number of aryl methyl sites for hydroxylation is 1. The molecule has 1 unspecified atom stereocenters. The van der Waals surface area contributed by atoms with Crippen LogP contribution in [0.3, 0.4) is 0 Å². The van der Waals surface area contributed by atoms with E-state index in [2.05, 4.69) is 23.0 Å². The standard InChI is InChI=1S/C14H18N2O2S2/c1-10-8-9-19-14(10)11(2)16-12-6-4-5-7-13(12)20(17,18)15-3/h4-9,11,15-16H,1-3H3. The number of thiophene rings is 1. The summed E-state index contributed by atoms with van der Waals surface area (Å²) in [7, 11) is -2.05. The lowest BCUT2D eigenvalue weighted by molar-refractivity contribution is 0.588. The third-order valence-electron chi connectivity index (χ3n) is 3.11. The first-order valence-corrected chi connectivity index (χ1v) is 8.65. The second-order valence-electron chi connectivity index (χ2n) is 4.54. The zero-order chi connectivity index (χ0) is 14.8. The number of hydrogen-bond donors (Lipinski definition) is 2. The number of anilines is 1. The molecule has 20 heavy (non-hydrogen) atoms. The van der Waals surface area contributed by atoms with Crippen LogP contribution in [0.1, 0.15) is 23.4 Å². The third-order valence-corrected chi connectivity index (χ3v) is 5.79. The molecule has 0 spiro atoms. The molecule has 1 aromatic heterocycles. The van der Waals surface area contributed by atoms with Gasteiger partial charge in [-0.05, 0) is 50.0 Å². The Morgan fingerprint density at radius 3 is 2.50 bits per heavy atom. The molecule has 2 aromatic rings. The summed E-state index contributed by atoms with van der Waals surface area (Å²) in [5, 5.41) is 5.33. The van der Waals surface area contributed by atoms with E-state index < -0.39 is 10.0 Å². The minimum Gasteiger partial charge on any atom is -0.377 e. The van der Waals surface area contributed by atoms with Crippen molar-refractivity contribution in [3.05, 3.63) is 46.2 Å². The minimum absolute atomic E-state index is 0.0585. The predicted octanol–water partition coefficient (Wildman–Crippen LogP) is 3.14. The Morgan fingerprint density at radius 1 is 1.20 bits per heavy atom. The molecule has 1 heterocycles. The molecular formula is C14H18N2O2S2. The van der Waals surface area contributed by atoms with Gasteiger partial charge in [0.1, 0.15) is 4.90 Å². The zero-order valence-electron chi connectivity index (χ0n) is 11.7. The van der Waals surface area contributed by atoms with Crippen molar-refractivity contribution in [2.75, 3.05) is 12.4 Å². The molecule has 0 radical (unpaired) electrons. The van der Waals surface area contributed by atoms with Crippen LogP contribution in [0, 0.1) is 6.92 Å². The number of nitrogens with one attached hydrogen (secondary N) is 2. The van der Waals surface area contributed by atoms with Gasteiger partial charge in [-0.25, -0.2) is 13.1 Å². The number of benzene rings is 1. The first-order valence-electron chi connectivity index (χ1n) is 6.29. The largest absolute Gasteiger partial charge is 0.377 e. The van der Waals surface area contributed by atoms with E-state index in [1.807, 2.05) is 18.4 Å². The van der Waals surface area contributed by atoms with Gasteiger partial charge in [-0.15, -0.1) is 11.3 Å². The average Bonchev–Trinajstić information content (AvgIpc) is 2.85. The van der Waals surface area contributed by atoms with Crippen molar-refractivity contribution < 1.29 is 8.42 Å². The Bertz CT molecular complexity index is 693. The molecule has 0 fully saturated rings. The molecule has 1 atom stereocenters. The zero-order valence-corrected chi connectivity index (χ0v) is 13.3. The Labute approximate surface area is 123 Å². The lowest BCUT2D eigenvalue weighted by Crippen LogP contribution is -2.20. The maximum atomic E-state index is 12.0. The summed E-state index contributed by atoms with van der Waals surface area (Å²) in [6, 6.07) is 9.05. The molecule has 0 saturated carbocycles. The molecule has 1 aromatic carbocycles. The summed E-state index contributed by atoms with van der Waals surface area (Å²) in [6.07, 6.45) is 0. The third kappa shape index (κ3) is 3.03. The molecular weight excluding hydrogens is 292 g/mol. The van der Waals surface area contributed by atoms with E-state index in [-0.39, 0.29) is 10.9 Å². The predicted molar refractivity (Wildman–Crippen MR) is 83.8 cm³/mol. The van der Waals surface area contributed by atoms with Crippen LogP contribution >= 0.6 is 11.3 Å². The van der Waals surface area contributed by atoms with Crippen LogP contribution in [0.4, 0.5) is 5.69 Å². The monoisotopic (exact) mass is 310 g/mol. The van der Waals surface area contributed by atoms with Crippen molar-refractivity contribution in [2.24, 2.45) is 0 Å². The second-order valence-corrected chi connectivity index (χ2v) is 7.34. The van der Waals surface area contributed by atoms with E-state index in [1.54, 1.807) is 29.5 Å². The van der Waals surface area contributed by atoms with E-state index in [1.165, 1.54) is 17.5 Å². The van der Waals surface area contributed by atoms with Gasteiger partial charge in [0, 0.05) is 4.88 Å². The fraction of sp³-hybridized carbons (Fsp3) is 0.286. The van der Waals surface area contributed by atoms with Crippen molar-refractivity contribution in [3.63, 3.8) is 0 Å². The molecule has 0 amide bonds. The maximum absolute atomic E-state index is 12.0. The summed E-state index contributed by atoms with van der Waals surface area (Å²) in [5.74, 6) is 0. The summed E-state index contributed by atoms with van der Waals surface area (Å²) < 4.78 is 26.4. The number of hydrogen-bond acceptors (Lipinski definition) is 4. The summed E-state index contributed by atoms with van der Waals surface area (Å²) in [4.78, 5) is 1.48. The number of sulfonamides is 1. The van der Waals surface area contributed by atoms with Crippen LogP contribution < -0.4 is 10.0 Å². The van der Waals surface area contributed by atoms with Gasteiger partial charge < -0.3 is 5.32 Å². The molecule has 2 rings (SSSR count). The first-order chi connectivity index (χ1) is 9.45. The highest BCUT2D eigenvalue weighted by molar-refractivity contribution is 7.89. The highest BCUT2D eigenvalue weighted by Gasteiger charge is 2.18. The Kier molecular flexibility index (Phi) is 4.47. The van der Waals surface area contributed by atoms with Crippen molar-refractivity contribution >= 4 is 27.0 Å². The Balaban J connectivity index is 2.33. The van der Waals surface area contributed by atoms with Crippen LogP contribution in [0.25, 0.3) is 0 Å². The van der Waals surface area contributed by atoms with Crippen LogP contribution in [-0.4, -0.2) is 15.5 Å². The van der Waals surface area contributed by atoms with E-state index in [4.69, 9.17) is 0 Å². The summed E-state index contributed by atoms with van der Waals surface area (Å²) in [5.41, 5.74) is 1.83. The van der Waals surface area contributed by atoms with E-state index >= 15 is 0 Å². The van der Waals surface area contributed by atoms with Crippen LogP contribution in [0.5, 0.6) is 0 Å². The molecule has 0 aliphatic carbocycles. The van der Waals surface area contributed by atoms with Crippen molar-refractivity contribution in [2.45, 2.75) is 24.8 Å². The van der Waals surface area contributed by atoms with Gasteiger partial charge in [0.05, 0.1) is 11.7 Å². The van der Waals surface area contributed by atoms with Gasteiger partial charge in [0.25, 0.3) is 0 Å². The lowest BCUT2D eigenvalue weighted by Gasteiger charge is -2.17. The van der Waals surface area contributed by atoms with Gasteiger partial charge in [0.2, 0.25) is 10.0 Å². The molecule has 0 aliphatic heterocycles. The topological polar surface area (TPSA) is 58.2 Å². The van der Waals surface area contributed by atoms with Crippen molar-refractivity contribution in [3.8, 4) is 0 Å². The van der Waals surface area contributed by atoms with E-state index in [0.717, 1.165) is 0 Å². The van der Waals surface area contributed by atoms with Gasteiger partial charge >= 0.3 is 0 Å². The molecule has 108 valence electrons. The fourth-order valence-corrected chi connectivity index (χ4v) is 3.89. The molecule has 0 saturated heterocycles. The summed E-state index contributed by atoms with van der Waals surface area (Å²) in [6.45, 7) is 4.09. The lowest BCUT2D eigenvalue weighted by atomic mass is 10.2. The van der Waals surface area contributed by atoms with Crippen molar-refractivity contribution in [1.82, 2.24) is 4.72 Å². The van der Waals surface area contributed by atoms with E-state index in [0.29, 0.717) is 5.69 Å². The van der Waals surface area contributed by atoms with Crippen molar-refractivity contribution in [1.29, 1.82) is 0 Å². The quantitative estimate of drug-likeness (QED) is 0.892. The van der Waals surface area contributed by atoms with Gasteiger partial charge in [-0.2, -0.15) is 0 Å². The average molecular weight is 310 g/mol. The number of rotatable bonds is 5. The minimum atomic E-state index is -3.46. The Morgan fingerprint density at radius 2 is 1.90 bits per heavy atom. The highest BCUT2D eigenvalue weighted by Crippen LogP contribution is 2.29. The van der Waals surface area contributed by atoms with Gasteiger partial charge in [0.15, 0.2) is 0 Å². The van der Waals surface area contributed by atoms with Crippen LogP contribution in [-0.2, 0) is 10.0 Å². The first kappa shape index (κ1) is 15.0. The smallest absolute Gasteiger partial charge is 0.242 e. The molecule has 2 N–H and O–H groups in total. The Hall–Kier alpha value is -1.37. The molecule has 6 heteroatoms. The highest BCUT2D eigenvalue weighted by atomic mass is 32.2. The van der Waals surface area contributed by atoms with Crippen LogP contribution in [0.15, 0.2) is 40.6 Å². The molecule has 4 nitrogen and oxygen atoms in total. The second kappa shape index (κ2) is 5.95. The maximum Gasteiger partial charge on any atom is 0.242 e.